The van der Waals surface area contributed by atoms with Gasteiger partial charge in [-0.25, -0.2) is 17.2 Å². The Bertz CT molecular complexity index is 1150. The minimum absolute atomic E-state index is 0.312. The van der Waals surface area contributed by atoms with Crippen LogP contribution in [0.3, 0.4) is 0 Å². The van der Waals surface area contributed by atoms with Crippen LogP contribution in [-0.4, -0.2) is 47.6 Å². The van der Waals surface area contributed by atoms with Crippen LogP contribution in [0, 0.1) is 0 Å². The van der Waals surface area contributed by atoms with Crippen LogP contribution < -0.4 is 0 Å². The van der Waals surface area contributed by atoms with E-state index >= 15 is 0 Å². The lowest BCUT2D eigenvalue weighted by Gasteiger charge is -2.15. The SMILES string of the molecule is O=C(O)C(F)(F)F.O=S(=O)(c1ccccc1)n1ccc2c(CN3CCCC3)cccc21. The fourth-order valence-corrected chi connectivity index (χ4v) is 4.81. The van der Waals surface area contributed by atoms with Crippen LogP contribution in [0.5, 0.6) is 0 Å². The maximum Gasteiger partial charge on any atom is 0.490 e. The molecule has 0 aliphatic carbocycles. The number of aliphatic carboxylic acids is 1. The summed E-state index contributed by atoms with van der Waals surface area (Å²) in [5, 5.41) is 8.14. The van der Waals surface area contributed by atoms with Crippen molar-refractivity contribution in [1.29, 1.82) is 0 Å². The number of carboxylic acids is 1. The highest BCUT2D eigenvalue weighted by Crippen LogP contribution is 2.26. The molecule has 4 rings (SSSR count). The first-order chi connectivity index (χ1) is 14.6. The normalized spacial score (nSPS) is 14.9. The number of hydrogen-bond donors (Lipinski definition) is 1. The van der Waals surface area contributed by atoms with Gasteiger partial charge in [-0.05, 0) is 55.8 Å². The van der Waals surface area contributed by atoms with Crippen molar-refractivity contribution in [2.24, 2.45) is 0 Å². The monoisotopic (exact) mass is 454 g/mol. The molecule has 0 unspecified atom stereocenters. The average molecular weight is 454 g/mol. The molecule has 3 aromatic rings. The molecule has 0 radical (unpaired) electrons. The van der Waals surface area contributed by atoms with Gasteiger partial charge in [0, 0.05) is 18.1 Å². The summed E-state index contributed by atoms with van der Waals surface area (Å²) in [6.45, 7) is 3.13. The van der Waals surface area contributed by atoms with Crippen molar-refractivity contribution in [2.45, 2.75) is 30.5 Å². The summed E-state index contributed by atoms with van der Waals surface area (Å²) in [4.78, 5) is 11.6. The number of carbonyl (C=O) groups is 1. The Morgan fingerprint density at radius 3 is 2.16 bits per heavy atom. The Labute approximate surface area is 177 Å². The van der Waals surface area contributed by atoms with Gasteiger partial charge in [0.15, 0.2) is 0 Å². The molecule has 31 heavy (non-hydrogen) atoms. The number of rotatable bonds is 4. The van der Waals surface area contributed by atoms with Gasteiger partial charge in [0.25, 0.3) is 10.0 Å². The molecule has 0 atom stereocenters. The first-order valence-corrected chi connectivity index (χ1v) is 11.0. The summed E-state index contributed by atoms with van der Waals surface area (Å²) < 4.78 is 59.0. The minimum Gasteiger partial charge on any atom is -0.475 e. The third-order valence-corrected chi connectivity index (χ3v) is 6.63. The van der Waals surface area contributed by atoms with Crippen LogP contribution >= 0.6 is 0 Å². The van der Waals surface area contributed by atoms with Crippen molar-refractivity contribution < 1.29 is 31.5 Å². The number of hydrogen-bond acceptors (Lipinski definition) is 4. The predicted molar refractivity (Wildman–Crippen MR) is 109 cm³/mol. The Hall–Kier alpha value is -2.85. The van der Waals surface area contributed by atoms with Gasteiger partial charge in [-0.3, -0.25) is 4.90 Å². The first kappa shape index (κ1) is 22.8. The molecule has 6 nitrogen and oxygen atoms in total. The van der Waals surface area contributed by atoms with Gasteiger partial charge < -0.3 is 5.11 Å². The molecule has 0 saturated carbocycles. The van der Waals surface area contributed by atoms with E-state index in [9.17, 15) is 21.6 Å². The number of carboxylic acid groups (broad SMARTS) is 1. The summed E-state index contributed by atoms with van der Waals surface area (Å²) in [6.07, 6.45) is -0.917. The molecule has 1 fully saturated rings. The molecule has 1 N–H and O–H groups in total. The molecule has 1 aromatic heterocycles. The van der Waals surface area contributed by atoms with E-state index in [1.807, 2.05) is 24.3 Å². The van der Waals surface area contributed by atoms with Gasteiger partial charge in [0.2, 0.25) is 0 Å². The highest BCUT2D eigenvalue weighted by atomic mass is 32.2. The van der Waals surface area contributed by atoms with Gasteiger partial charge >= 0.3 is 12.1 Å². The van der Waals surface area contributed by atoms with E-state index in [1.54, 1.807) is 30.5 Å². The van der Waals surface area contributed by atoms with E-state index in [-0.39, 0.29) is 0 Å². The molecule has 1 aliphatic rings. The van der Waals surface area contributed by atoms with Crippen molar-refractivity contribution in [3.8, 4) is 0 Å². The maximum absolute atomic E-state index is 12.9. The van der Waals surface area contributed by atoms with Crippen LogP contribution in [-0.2, 0) is 21.4 Å². The summed E-state index contributed by atoms with van der Waals surface area (Å²) in [5.41, 5.74) is 1.94. The number of fused-ring (bicyclic) bond motifs is 1. The van der Waals surface area contributed by atoms with Gasteiger partial charge in [-0.2, -0.15) is 13.2 Å². The average Bonchev–Trinajstić information content (AvgIpc) is 3.39. The summed E-state index contributed by atoms with van der Waals surface area (Å²) >= 11 is 0. The fraction of sp³-hybridized carbons (Fsp3) is 0.286. The van der Waals surface area contributed by atoms with Crippen LogP contribution in [0.1, 0.15) is 18.4 Å². The smallest absolute Gasteiger partial charge is 0.475 e. The second kappa shape index (κ2) is 9.11. The number of aromatic nitrogens is 1. The molecular weight excluding hydrogens is 433 g/mol. The van der Waals surface area contributed by atoms with E-state index in [0.717, 1.165) is 30.5 Å². The summed E-state index contributed by atoms with van der Waals surface area (Å²) in [7, 11) is -3.56. The summed E-state index contributed by atoms with van der Waals surface area (Å²) in [6, 6.07) is 16.4. The zero-order chi connectivity index (χ0) is 22.6. The predicted octanol–water partition coefficient (Wildman–Crippen LogP) is 4.11. The Balaban J connectivity index is 0.000000339. The molecule has 10 heteroatoms. The third-order valence-electron chi connectivity index (χ3n) is 4.92. The van der Waals surface area contributed by atoms with Crippen LogP contribution in [0.15, 0.2) is 65.7 Å². The van der Waals surface area contributed by atoms with E-state index < -0.39 is 22.2 Å². The molecular formula is C21H21F3N2O4S. The van der Waals surface area contributed by atoms with Gasteiger partial charge in [-0.1, -0.05) is 30.3 Å². The zero-order valence-corrected chi connectivity index (χ0v) is 17.2. The standard InChI is InChI=1S/C19H20N2O2S.C2HF3O2/c22-24(23,17-8-2-1-3-9-17)21-14-11-18-16(7-6-10-19(18)21)15-20-12-4-5-13-20;3-2(4,5)1(6)7/h1-3,6-11,14H,4-5,12-13,15H2;(H,6,7). The molecule has 0 bridgehead atoms. The second-order valence-corrected chi connectivity index (χ2v) is 8.88. The molecule has 0 amide bonds. The van der Waals surface area contributed by atoms with E-state index in [0.29, 0.717) is 4.90 Å². The van der Waals surface area contributed by atoms with Gasteiger partial charge in [-0.15, -0.1) is 0 Å². The number of likely N-dealkylation sites (tertiary alicyclic amines) is 1. The van der Waals surface area contributed by atoms with Crippen LogP contribution in [0.2, 0.25) is 0 Å². The number of nitrogens with zero attached hydrogens (tertiary/aromatic N) is 2. The molecule has 2 aromatic carbocycles. The largest absolute Gasteiger partial charge is 0.490 e. The van der Waals surface area contributed by atoms with Crippen molar-refractivity contribution >= 4 is 26.9 Å². The van der Waals surface area contributed by atoms with E-state index in [2.05, 4.69) is 11.0 Å². The van der Waals surface area contributed by atoms with Crippen LogP contribution in [0.4, 0.5) is 13.2 Å². The molecule has 166 valence electrons. The highest BCUT2D eigenvalue weighted by Gasteiger charge is 2.38. The topological polar surface area (TPSA) is 79.6 Å². The lowest BCUT2D eigenvalue weighted by atomic mass is 10.1. The lowest BCUT2D eigenvalue weighted by molar-refractivity contribution is -0.192. The van der Waals surface area contributed by atoms with Crippen molar-refractivity contribution in [3.05, 3.63) is 66.4 Å². The summed E-state index contributed by atoms with van der Waals surface area (Å²) in [5.74, 6) is -2.76. The van der Waals surface area contributed by atoms with Gasteiger partial charge in [0.05, 0.1) is 10.4 Å². The van der Waals surface area contributed by atoms with E-state index in [1.165, 1.54) is 22.4 Å². The number of alkyl halides is 3. The van der Waals surface area contributed by atoms with Gasteiger partial charge in [0.1, 0.15) is 0 Å². The Morgan fingerprint density at radius 2 is 1.58 bits per heavy atom. The molecule has 0 spiro atoms. The van der Waals surface area contributed by atoms with Crippen molar-refractivity contribution in [3.63, 3.8) is 0 Å². The van der Waals surface area contributed by atoms with Crippen molar-refractivity contribution in [1.82, 2.24) is 8.87 Å². The Morgan fingerprint density at radius 1 is 0.968 bits per heavy atom. The van der Waals surface area contributed by atoms with E-state index in [4.69, 9.17) is 9.90 Å². The minimum atomic E-state index is -5.08. The zero-order valence-electron chi connectivity index (χ0n) is 16.4. The maximum atomic E-state index is 12.9. The molecule has 2 heterocycles. The third kappa shape index (κ3) is 5.26. The highest BCUT2D eigenvalue weighted by molar-refractivity contribution is 7.90. The number of benzene rings is 2. The fourth-order valence-electron chi connectivity index (χ4n) is 3.44. The molecule has 1 aliphatic heterocycles. The Kier molecular flexibility index (Phi) is 6.71. The number of halogens is 3. The lowest BCUT2D eigenvalue weighted by Crippen LogP contribution is -2.21. The first-order valence-electron chi connectivity index (χ1n) is 9.53. The quantitative estimate of drug-likeness (QED) is 0.642. The second-order valence-electron chi connectivity index (χ2n) is 7.07. The van der Waals surface area contributed by atoms with Crippen LogP contribution in [0.25, 0.3) is 10.9 Å². The molecule has 1 saturated heterocycles. The van der Waals surface area contributed by atoms with Crippen molar-refractivity contribution in [2.75, 3.05) is 13.1 Å².